The van der Waals surface area contributed by atoms with Crippen molar-refractivity contribution in [2.75, 3.05) is 26.2 Å². The van der Waals surface area contributed by atoms with Crippen LogP contribution in [0.25, 0.3) is 0 Å². The Hall–Kier alpha value is -1.55. The van der Waals surface area contributed by atoms with Gasteiger partial charge in [0.15, 0.2) is 0 Å². The molecule has 0 aliphatic carbocycles. The van der Waals surface area contributed by atoms with Crippen molar-refractivity contribution in [3.05, 3.63) is 29.8 Å². The molecule has 0 spiro atoms. The maximum absolute atomic E-state index is 12.0. The zero-order chi connectivity index (χ0) is 14.9. The van der Waals surface area contributed by atoms with Crippen LogP contribution in [0.1, 0.15) is 31.7 Å². The highest BCUT2D eigenvalue weighted by molar-refractivity contribution is 5.78. The molecular weight excluding hydrogens is 264 g/mol. The van der Waals surface area contributed by atoms with E-state index in [4.69, 9.17) is 4.74 Å². The van der Waals surface area contributed by atoms with Gasteiger partial charge < -0.3 is 15.4 Å². The number of carbonyl (C=O) groups is 1. The molecular formula is C17H26N2O2. The van der Waals surface area contributed by atoms with Gasteiger partial charge in [-0.3, -0.25) is 4.79 Å². The predicted molar refractivity (Wildman–Crippen MR) is 84.5 cm³/mol. The SMILES string of the molecule is CCCOc1cccc(CCNC(=O)C2CCNCC2)c1. The third-order valence-electron chi connectivity index (χ3n) is 3.79. The minimum atomic E-state index is 0.186. The van der Waals surface area contributed by atoms with Crippen LogP contribution in [0, 0.1) is 5.92 Å². The van der Waals surface area contributed by atoms with E-state index in [-0.39, 0.29) is 11.8 Å². The van der Waals surface area contributed by atoms with Gasteiger partial charge in [-0.1, -0.05) is 19.1 Å². The zero-order valence-corrected chi connectivity index (χ0v) is 12.9. The standard InChI is InChI=1S/C17H26N2O2/c1-2-12-21-16-5-3-4-14(13-16)6-11-19-17(20)15-7-9-18-10-8-15/h3-5,13,15,18H,2,6-12H2,1H3,(H,19,20). The first kappa shape index (κ1) is 15.8. The molecule has 0 unspecified atom stereocenters. The third kappa shape index (κ3) is 5.38. The number of amides is 1. The Morgan fingerprint density at radius 2 is 2.19 bits per heavy atom. The quantitative estimate of drug-likeness (QED) is 0.809. The molecule has 1 fully saturated rings. The van der Waals surface area contributed by atoms with E-state index in [2.05, 4.69) is 29.7 Å². The molecule has 0 atom stereocenters. The molecule has 0 aromatic heterocycles. The van der Waals surface area contributed by atoms with E-state index in [9.17, 15) is 4.79 Å². The van der Waals surface area contributed by atoms with E-state index >= 15 is 0 Å². The van der Waals surface area contributed by atoms with E-state index in [1.165, 1.54) is 5.56 Å². The van der Waals surface area contributed by atoms with Crippen LogP contribution < -0.4 is 15.4 Å². The fourth-order valence-electron chi connectivity index (χ4n) is 2.57. The Kier molecular flexibility index (Phi) is 6.54. The molecule has 2 N–H and O–H groups in total. The topological polar surface area (TPSA) is 50.4 Å². The predicted octanol–water partition coefficient (Wildman–Crippen LogP) is 2.13. The smallest absolute Gasteiger partial charge is 0.223 e. The summed E-state index contributed by atoms with van der Waals surface area (Å²) < 4.78 is 5.62. The van der Waals surface area contributed by atoms with Crippen LogP contribution in [0.3, 0.4) is 0 Å². The maximum atomic E-state index is 12.0. The lowest BCUT2D eigenvalue weighted by Gasteiger charge is -2.21. The van der Waals surface area contributed by atoms with Gasteiger partial charge in [0.25, 0.3) is 0 Å². The van der Waals surface area contributed by atoms with Gasteiger partial charge in [0.2, 0.25) is 5.91 Å². The molecule has 0 bridgehead atoms. The summed E-state index contributed by atoms with van der Waals surface area (Å²) in [4.78, 5) is 12.0. The first-order chi connectivity index (χ1) is 10.3. The second-order valence-electron chi connectivity index (χ2n) is 5.56. The van der Waals surface area contributed by atoms with E-state index in [0.29, 0.717) is 6.54 Å². The highest BCUT2D eigenvalue weighted by atomic mass is 16.5. The Bertz CT molecular complexity index is 442. The largest absolute Gasteiger partial charge is 0.494 e. The number of hydrogen-bond acceptors (Lipinski definition) is 3. The Labute approximate surface area is 127 Å². The molecule has 4 heteroatoms. The highest BCUT2D eigenvalue weighted by Crippen LogP contribution is 2.14. The fourth-order valence-corrected chi connectivity index (χ4v) is 2.57. The molecule has 1 amide bonds. The van der Waals surface area contributed by atoms with Crippen LogP contribution in [0.5, 0.6) is 5.75 Å². The van der Waals surface area contributed by atoms with Crippen LogP contribution in [0.15, 0.2) is 24.3 Å². The Morgan fingerprint density at radius 3 is 2.95 bits per heavy atom. The number of rotatable bonds is 7. The summed E-state index contributed by atoms with van der Waals surface area (Å²) in [6.07, 6.45) is 3.76. The van der Waals surface area contributed by atoms with Crippen LogP contribution >= 0.6 is 0 Å². The van der Waals surface area contributed by atoms with Crippen LogP contribution in [-0.4, -0.2) is 32.1 Å². The molecule has 116 valence electrons. The van der Waals surface area contributed by atoms with Crippen molar-refractivity contribution in [2.45, 2.75) is 32.6 Å². The summed E-state index contributed by atoms with van der Waals surface area (Å²) in [6.45, 7) is 5.44. The van der Waals surface area contributed by atoms with E-state index in [0.717, 1.165) is 51.1 Å². The molecule has 1 aliphatic heterocycles. The highest BCUT2D eigenvalue weighted by Gasteiger charge is 2.20. The average Bonchev–Trinajstić information content (AvgIpc) is 2.54. The van der Waals surface area contributed by atoms with Gasteiger partial charge in [-0.2, -0.15) is 0 Å². The van der Waals surface area contributed by atoms with Crippen molar-refractivity contribution in [3.8, 4) is 5.75 Å². The summed E-state index contributed by atoms with van der Waals surface area (Å²) in [5.41, 5.74) is 1.20. The molecule has 2 rings (SSSR count). The number of nitrogens with one attached hydrogen (secondary N) is 2. The minimum Gasteiger partial charge on any atom is -0.494 e. The van der Waals surface area contributed by atoms with Crippen molar-refractivity contribution in [1.82, 2.24) is 10.6 Å². The zero-order valence-electron chi connectivity index (χ0n) is 12.9. The number of hydrogen-bond donors (Lipinski definition) is 2. The van der Waals surface area contributed by atoms with Gasteiger partial charge in [-0.15, -0.1) is 0 Å². The van der Waals surface area contributed by atoms with Crippen molar-refractivity contribution in [3.63, 3.8) is 0 Å². The Balaban J connectivity index is 1.73. The van der Waals surface area contributed by atoms with E-state index in [1.807, 2.05) is 12.1 Å². The van der Waals surface area contributed by atoms with E-state index in [1.54, 1.807) is 0 Å². The molecule has 1 saturated heterocycles. The lowest BCUT2D eigenvalue weighted by atomic mass is 9.97. The van der Waals surface area contributed by atoms with Crippen LogP contribution in [0.2, 0.25) is 0 Å². The minimum absolute atomic E-state index is 0.186. The summed E-state index contributed by atoms with van der Waals surface area (Å²) in [5.74, 6) is 1.30. The van der Waals surface area contributed by atoms with E-state index < -0.39 is 0 Å². The first-order valence-electron chi connectivity index (χ1n) is 7.99. The van der Waals surface area contributed by atoms with Crippen molar-refractivity contribution < 1.29 is 9.53 Å². The van der Waals surface area contributed by atoms with Crippen LogP contribution in [-0.2, 0) is 11.2 Å². The average molecular weight is 290 g/mol. The second-order valence-corrected chi connectivity index (χ2v) is 5.56. The molecule has 4 nitrogen and oxygen atoms in total. The fraction of sp³-hybridized carbons (Fsp3) is 0.588. The number of benzene rings is 1. The van der Waals surface area contributed by atoms with Gasteiger partial charge in [0, 0.05) is 12.5 Å². The molecule has 0 saturated carbocycles. The van der Waals surface area contributed by atoms with Gasteiger partial charge in [-0.25, -0.2) is 0 Å². The summed E-state index contributed by atoms with van der Waals surface area (Å²) in [6, 6.07) is 8.13. The molecule has 1 aliphatic rings. The maximum Gasteiger partial charge on any atom is 0.223 e. The number of piperidine rings is 1. The lowest BCUT2D eigenvalue weighted by molar-refractivity contribution is -0.125. The molecule has 1 heterocycles. The normalized spacial score (nSPS) is 15.7. The third-order valence-corrected chi connectivity index (χ3v) is 3.79. The summed E-state index contributed by atoms with van der Waals surface area (Å²) in [7, 11) is 0. The monoisotopic (exact) mass is 290 g/mol. The second kappa shape index (κ2) is 8.67. The first-order valence-corrected chi connectivity index (χ1v) is 7.99. The summed E-state index contributed by atoms with van der Waals surface area (Å²) in [5, 5.41) is 6.34. The molecule has 1 aromatic carbocycles. The molecule has 1 aromatic rings. The molecule has 21 heavy (non-hydrogen) atoms. The van der Waals surface area contributed by atoms with Crippen molar-refractivity contribution in [2.24, 2.45) is 5.92 Å². The number of carbonyl (C=O) groups excluding carboxylic acids is 1. The van der Waals surface area contributed by atoms with Crippen LogP contribution in [0.4, 0.5) is 0 Å². The Morgan fingerprint density at radius 1 is 1.38 bits per heavy atom. The van der Waals surface area contributed by atoms with Gasteiger partial charge in [0.05, 0.1) is 6.61 Å². The van der Waals surface area contributed by atoms with Crippen molar-refractivity contribution >= 4 is 5.91 Å². The van der Waals surface area contributed by atoms with Crippen molar-refractivity contribution in [1.29, 1.82) is 0 Å². The summed E-state index contributed by atoms with van der Waals surface area (Å²) >= 11 is 0. The number of ether oxygens (including phenoxy) is 1. The van der Waals surface area contributed by atoms with Gasteiger partial charge in [-0.05, 0) is 56.5 Å². The lowest BCUT2D eigenvalue weighted by Crippen LogP contribution is -2.38. The van der Waals surface area contributed by atoms with Gasteiger partial charge >= 0.3 is 0 Å². The molecule has 0 radical (unpaired) electrons. The van der Waals surface area contributed by atoms with Gasteiger partial charge in [0.1, 0.15) is 5.75 Å².